The third kappa shape index (κ3) is 5.83. The third-order valence-corrected chi connectivity index (χ3v) is 6.28. The molecule has 0 saturated heterocycles. The van der Waals surface area contributed by atoms with Crippen LogP contribution in [-0.2, 0) is 18.3 Å². The molecule has 6 heteroatoms. The average molecular weight is 387 g/mol. The summed E-state index contributed by atoms with van der Waals surface area (Å²) in [6, 6.07) is 6.07. The maximum atomic E-state index is 12.3. The summed E-state index contributed by atoms with van der Waals surface area (Å²) in [7, 11) is 2.00. The first-order valence-electron chi connectivity index (χ1n) is 9.90. The summed E-state index contributed by atoms with van der Waals surface area (Å²) in [5.41, 5.74) is 3.15. The van der Waals surface area contributed by atoms with Crippen molar-refractivity contribution in [1.29, 1.82) is 0 Å². The predicted octanol–water partition coefficient (Wildman–Crippen LogP) is 4.68. The maximum absolute atomic E-state index is 12.3. The number of anilines is 1. The molecule has 0 atom stereocenters. The van der Waals surface area contributed by atoms with E-state index in [1.807, 2.05) is 37.6 Å². The number of carbonyl (C=O) groups excluding carboxylic acids is 1. The van der Waals surface area contributed by atoms with Gasteiger partial charge in [0.1, 0.15) is 5.82 Å². The molecule has 1 aromatic heterocycles. The van der Waals surface area contributed by atoms with Crippen molar-refractivity contribution in [2.45, 2.75) is 63.9 Å². The number of benzene rings is 1. The Morgan fingerprint density at radius 3 is 2.56 bits per heavy atom. The van der Waals surface area contributed by atoms with Gasteiger partial charge in [-0.1, -0.05) is 49.9 Å². The van der Waals surface area contributed by atoms with Crippen LogP contribution in [0.25, 0.3) is 0 Å². The third-order valence-electron chi connectivity index (χ3n) is 5.26. The number of thioether (sulfide) groups is 1. The van der Waals surface area contributed by atoms with E-state index in [4.69, 9.17) is 0 Å². The van der Waals surface area contributed by atoms with Gasteiger partial charge in [-0.15, -0.1) is 10.2 Å². The van der Waals surface area contributed by atoms with Gasteiger partial charge >= 0.3 is 0 Å². The summed E-state index contributed by atoms with van der Waals surface area (Å²) in [6.45, 7) is 4.07. The maximum Gasteiger partial charge on any atom is 0.234 e. The van der Waals surface area contributed by atoms with Gasteiger partial charge in [-0.05, 0) is 49.4 Å². The second-order valence-electron chi connectivity index (χ2n) is 7.71. The summed E-state index contributed by atoms with van der Waals surface area (Å²) in [5, 5.41) is 12.4. The molecule has 0 bridgehead atoms. The Hall–Kier alpha value is -1.82. The number of aromatic nitrogens is 3. The van der Waals surface area contributed by atoms with E-state index in [0.29, 0.717) is 5.75 Å². The minimum Gasteiger partial charge on any atom is -0.325 e. The van der Waals surface area contributed by atoms with E-state index in [1.165, 1.54) is 50.3 Å². The second kappa shape index (κ2) is 9.40. The summed E-state index contributed by atoms with van der Waals surface area (Å²) < 4.78 is 2.04. The monoisotopic (exact) mass is 386 g/mol. The molecule has 1 fully saturated rings. The van der Waals surface area contributed by atoms with Crippen molar-refractivity contribution in [2.24, 2.45) is 13.0 Å². The van der Waals surface area contributed by atoms with Gasteiger partial charge in [0.25, 0.3) is 0 Å². The lowest BCUT2D eigenvalue weighted by atomic mass is 9.86. The Kier molecular flexibility index (Phi) is 6.94. The smallest absolute Gasteiger partial charge is 0.234 e. The largest absolute Gasteiger partial charge is 0.325 e. The fourth-order valence-corrected chi connectivity index (χ4v) is 4.60. The lowest BCUT2D eigenvalue weighted by molar-refractivity contribution is -0.113. The van der Waals surface area contributed by atoms with Crippen LogP contribution in [0.1, 0.15) is 55.5 Å². The molecular weight excluding hydrogens is 356 g/mol. The molecule has 3 rings (SSSR count). The van der Waals surface area contributed by atoms with Crippen LogP contribution in [-0.4, -0.2) is 26.4 Å². The van der Waals surface area contributed by atoms with Crippen LogP contribution in [0.15, 0.2) is 23.4 Å². The van der Waals surface area contributed by atoms with Gasteiger partial charge in [0.05, 0.1) is 5.75 Å². The van der Waals surface area contributed by atoms with E-state index in [2.05, 4.69) is 21.6 Å². The number of hydrogen-bond acceptors (Lipinski definition) is 4. The van der Waals surface area contributed by atoms with Gasteiger partial charge in [-0.2, -0.15) is 0 Å². The Bertz CT molecular complexity index is 760. The van der Waals surface area contributed by atoms with E-state index < -0.39 is 0 Å². The standard InChI is InChI=1S/C21H30N4OS/c1-15-11-16(2)13-18(12-15)22-20(26)14-27-21-24-23-19(25(21)3)10-9-17-7-5-4-6-8-17/h11-13,17H,4-10,14H2,1-3H3,(H,22,26). The van der Waals surface area contributed by atoms with Crippen LogP contribution in [0.5, 0.6) is 0 Å². The van der Waals surface area contributed by atoms with Crippen LogP contribution in [0.2, 0.25) is 0 Å². The number of amides is 1. The van der Waals surface area contributed by atoms with Crippen LogP contribution >= 0.6 is 11.8 Å². The zero-order chi connectivity index (χ0) is 19.2. The highest BCUT2D eigenvalue weighted by atomic mass is 32.2. The molecule has 0 unspecified atom stereocenters. The van der Waals surface area contributed by atoms with E-state index in [-0.39, 0.29) is 5.91 Å². The average Bonchev–Trinajstić information content (AvgIpc) is 2.98. The molecule has 1 heterocycles. The van der Waals surface area contributed by atoms with Crippen molar-refractivity contribution < 1.29 is 4.79 Å². The van der Waals surface area contributed by atoms with Gasteiger partial charge in [-0.25, -0.2) is 0 Å². The van der Waals surface area contributed by atoms with Crippen LogP contribution in [0.3, 0.4) is 0 Å². The molecule has 5 nitrogen and oxygen atoms in total. The van der Waals surface area contributed by atoms with Crippen molar-refractivity contribution in [3.63, 3.8) is 0 Å². The molecule has 27 heavy (non-hydrogen) atoms. The van der Waals surface area contributed by atoms with Crippen molar-refractivity contribution in [3.8, 4) is 0 Å². The number of carbonyl (C=O) groups is 1. The van der Waals surface area contributed by atoms with Crippen molar-refractivity contribution in [2.75, 3.05) is 11.1 Å². The van der Waals surface area contributed by atoms with Gasteiger partial charge in [-0.3, -0.25) is 4.79 Å². The molecule has 0 radical (unpaired) electrons. The molecule has 1 aliphatic carbocycles. The number of nitrogens with zero attached hydrogens (tertiary/aromatic N) is 3. The normalized spacial score (nSPS) is 15.1. The van der Waals surface area contributed by atoms with Crippen molar-refractivity contribution in [1.82, 2.24) is 14.8 Å². The summed E-state index contributed by atoms with van der Waals surface area (Å²) >= 11 is 1.44. The van der Waals surface area contributed by atoms with Gasteiger partial charge in [0, 0.05) is 19.2 Å². The first-order chi connectivity index (χ1) is 13.0. The highest BCUT2D eigenvalue weighted by Crippen LogP contribution is 2.27. The van der Waals surface area contributed by atoms with Crippen molar-refractivity contribution in [3.05, 3.63) is 35.2 Å². The topological polar surface area (TPSA) is 59.8 Å². The number of rotatable bonds is 7. The quantitative estimate of drug-likeness (QED) is 0.702. The zero-order valence-corrected chi connectivity index (χ0v) is 17.4. The lowest BCUT2D eigenvalue weighted by Crippen LogP contribution is -2.14. The predicted molar refractivity (Wildman–Crippen MR) is 111 cm³/mol. The SMILES string of the molecule is Cc1cc(C)cc(NC(=O)CSc2nnc(CCC3CCCCC3)n2C)c1. The molecule has 1 amide bonds. The Morgan fingerprint density at radius 2 is 1.85 bits per heavy atom. The molecule has 1 saturated carbocycles. The van der Waals surface area contributed by atoms with Gasteiger partial charge < -0.3 is 9.88 Å². The molecule has 146 valence electrons. The fourth-order valence-electron chi connectivity index (χ4n) is 3.87. The molecule has 1 N–H and O–H groups in total. The number of aryl methyl sites for hydroxylation is 3. The van der Waals surface area contributed by atoms with Gasteiger partial charge in [0.15, 0.2) is 5.16 Å². The van der Waals surface area contributed by atoms with Crippen LogP contribution in [0.4, 0.5) is 5.69 Å². The molecule has 0 aliphatic heterocycles. The number of hydrogen-bond donors (Lipinski definition) is 1. The Labute approximate surface area is 166 Å². The lowest BCUT2D eigenvalue weighted by Gasteiger charge is -2.20. The molecular formula is C21H30N4OS. The van der Waals surface area contributed by atoms with Gasteiger partial charge in [0.2, 0.25) is 5.91 Å². The first-order valence-corrected chi connectivity index (χ1v) is 10.9. The molecule has 2 aromatic rings. The molecule has 1 aromatic carbocycles. The first kappa shape index (κ1) is 19.9. The minimum atomic E-state index is -0.0169. The second-order valence-corrected chi connectivity index (χ2v) is 8.66. The molecule has 0 spiro atoms. The van der Waals surface area contributed by atoms with Crippen LogP contribution < -0.4 is 5.32 Å². The highest BCUT2D eigenvalue weighted by Gasteiger charge is 2.16. The van der Waals surface area contributed by atoms with E-state index in [0.717, 1.165) is 40.1 Å². The number of nitrogens with one attached hydrogen (secondary N) is 1. The zero-order valence-electron chi connectivity index (χ0n) is 16.6. The summed E-state index contributed by atoms with van der Waals surface area (Å²) in [5.74, 6) is 2.19. The molecule has 1 aliphatic rings. The Morgan fingerprint density at radius 1 is 1.15 bits per heavy atom. The minimum absolute atomic E-state index is 0.0169. The highest BCUT2D eigenvalue weighted by molar-refractivity contribution is 7.99. The van der Waals surface area contributed by atoms with E-state index >= 15 is 0 Å². The summed E-state index contributed by atoms with van der Waals surface area (Å²) in [4.78, 5) is 12.3. The van der Waals surface area contributed by atoms with Crippen molar-refractivity contribution >= 4 is 23.4 Å². The van der Waals surface area contributed by atoms with E-state index in [9.17, 15) is 4.79 Å². The fraction of sp³-hybridized carbons (Fsp3) is 0.571. The van der Waals surface area contributed by atoms with Crippen LogP contribution in [0, 0.1) is 19.8 Å². The Balaban J connectivity index is 1.49. The summed E-state index contributed by atoms with van der Waals surface area (Å²) in [6.07, 6.45) is 9.04. The van der Waals surface area contributed by atoms with E-state index in [1.54, 1.807) is 0 Å².